The predicted octanol–water partition coefficient (Wildman–Crippen LogP) is 2.42. The van der Waals surface area contributed by atoms with E-state index in [1.807, 2.05) is 0 Å². The summed E-state index contributed by atoms with van der Waals surface area (Å²) in [5.74, 6) is -0.866. The molecule has 0 heterocycles. The number of para-hydroxylation sites is 1. The number of amides is 1. The maximum atomic E-state index is 12.6. The van der Waals surface area contributed by atoms with Crippen molar-refractivity contribution in [1.29, 1.82) is 0 Å². The normalized spacial score (nSPS) is 11.2. The third kappa shape index (κ3) is 5.42. The molecule has 27 heavy (non-hydrogen) atoms. The second-order valence-corrected chi connectivity index (χ2v) is 7.07. The number of esters is 1. The average molecular weight is 388 g/mol. The highest BCUT2D eigenvalue weighted by atomic mass is 32.2. The SMILES string of the molecule is CCOC(=O)c1ccccc1NS(=O)(=O)c1ccc(/C=C/C(=O)NC)cc1. The molecule has 142 valence electrons. The van der Waals surface area contributed by atoms with Gasteiger partial charge in [0.1, 0.15) is 0 Å². The first-order chi connectivity index (χ1) is 12.9. The standard InChI is InChI=1S/C19H20N2O5S/c1-3-26-19(23)16-6-4-5-7-17(16)21-27(24,25)15-11-8-14(9-12-15)10-13-18(22)20-2/h4-13,21H,3H2,1-2H3,(H,20,22)/b13-10+. The van der Waals surface area contributed by atoms with E-state index < -0.39 is 16.0 Å². The van der Waals surface area contributed by atoms with Gasteiger partial charge in [-0.2, -0.15) is 0 Å². The van der Waals surface area contributed by atoms with E-state index in [1.165, 1.54) is 37.4 Å². The summed E-state index contributed by atoms with van der Waals surface area (Å²) < 4.78 is 32.6. The Bertz CT molecular complexity index is 950. The Kier molecular flexibility index (Phi) is 6.73. The van der Waals surface area contributed by atoms with Gasteiger partial charge < -0.3 is 10.1 Å². The highest BCUT2D eigenvalue weighted by Gasteiger charge is 2.19. The fraction of sp³-hybridized carbons (Fsp3) is 0.158. The van der Waals surface area contributed by atoms with Gasteiger partial charge in [0.15, 0.2) is 0 Å². The van der Waals surface area contributed by atoms with Crippen molar-refractivity contribution in [3.8, 4) is 0 Å². The van der Waals surface area contributed by atoms with Gasteiger partial charge in [-0.25, -0.2) is 13.2 Å². The van der Waals surface area contributed by atoms with Crippen LogP contribution in [0.2, 0.25) is 0 Å². The van der Waals surface area contributed by atoms with Crippen LogP contribution in [0.1, 0.15) is 22.8 Å². The van der Waals surface area contributed by atoms with Gasteiger partial charge >= 0.3 is 5.97 Å². The number of likely N-dealkylation sites (N-methyl/N-ethyl adjacent to an activating group) is 1. The van der Waals surface area contributed by atoms with Gasteiger partial charge in [0.2, 0.25) is 5.91 Å². The third-order valence-electron chi connectivity index (χ3n) is 3.53. The maximum absolute atomic E-state index is 12.6. The molecule has 0 saturated heterocycles. The summed E-state index contributed by atoms with van der Waals surface area (Å²) in [6.07, 6.45) is 2.91. The summed E-state index contributed by atoms with van der Waals surface area (Å²) >= 11 is 0. The van der Waals surface area contributed by atoms with Crippen molar-refractivity contribution >= 4 is 33.7 Å². The number of anilines is 1. The molecule has 0 bridgehead atoms. The Hall–Kier alpha value is -3.13. The number of carbonyl (C=O) groups is 2. The van der Waals surface area contributed by atoms with Crippen molar-refractivity contribution in [2.24, 2.45) is 0 Å². The van der Waals surface area contributed by atoms with Crippen molar-refractivity contribution in [3.05, 3.63) is 65.7 Å². The van der Waals surface area contributed by atoms with Crippen LogP contribution < -0.4 is 10.0 Å². The van der Waals surface area contributed by atoms with E-state index in [4.69, 9.17) is 4.74 Å². The Labute approximate surface area is 158 Å². The highest BCUT2D eigenvalue weighted by Crippen LogP contribution is 2.21. The Morgan fingerprint density at radius 1 is 1.07 bits per heavy atom. The molecule has 2 aromatic rings. The molecule has 0 radical (unpaired) electrons. The number of rotatable bonds is 7. The number of hydrogen-bond acceptors (Lipinski definition) is 5. The number of ether oxygens (including phenoxy) is 1. The van der Waals surface area contributed by atoms with Gasteiger partial charge in [-0.05, 0) is 42.8 Å². The van der Waals surface area contributed by atoms with E-state index in [-0.39, 0.29) is 28.7 Å². The number of sulfonamides is 1. The molecule has 7 nitrogen and oxygen atoms in total. The zero-order chi connectivity index (χ0) is 19.9. The molecule has 2 aromatic carbocycles. The fourth-order valence-electron chi connectivity index (χ4n) is 2.18. The minimum atomic E-state index is -3.90. The van der Waals surface area contributed by atoms with Crippen molar-refractivity contribution in [2.45, 2.75) is 11.8 Å². The van der Waals surface area contributed by atoms with Gasteiger partial charge in [0, 0.05) is 13.1 Å². The van der Waals surface area contributed by atoms with Crippen LogP contribution in [0.25, 0.3) is 6.08 Å². The first kappa shape index (κ1) is 20.2. The van der Waals surface area contributed by atoms with Gasteiger partial charge in [-0.3, -0.25) is 9.52 Å². The topological polar surface area (TPSA) is 102 Å². The summed E-state index contributed by atoms with van der Waals surface area (Å²) in [5, 5.41) is 2.45. The van der Waals surface area contributed by atoms with Crippen LogP contribution in [0, 0.1) is 0 Å². The van der Waals surface area contributed by atoms with Crippen LogP contribution in [0.3, 0.4) is 0 Å². The molecule has 0 aliphatic rings. The van der Waals surface area contributed by atoms with Gasteiger partial charge in [0.25, 0.3) is 10.0 Å². The number of benzene rings is 2. The van der Waals surface area contributed by atoms with Crippen LogP contribution in [0.15, 0.2) is 59.5 Å². The molecule has 0 spiro atoms. The van der Waals surface area contributed by atoms with Crippen molar-refractivity contribution in [2.75, 3.05) is 18.4 Å². The predicted molar refractivity (Wildman–Crippen MR) is 103 cm³/mol. The van der Waals surface area contributed by atoms with Crippen LogP contribution in [0.5, 0.6) is 0 Å². The zero-order valence-corrected chi connectivity index (χ0v) is 15.7. The van der Waals surface area contributed by atoms with Crippen LogP contribution in [-0.2, 0) is 19.6 Å². The summed E-state index contributed by atoms with van der Waals surface area (Å²) in [5.41, 5.74) is 0.942. The molecule has 0 unspecified atom stereocenters. The zero-order valence-electron chi connectivity index (χ0n) is 14.9. The van der Waals surface area contributed by atoms with Crippen molar-refractivity contribution in [1.82, 2.24) is 5.32 Å². The third-order valence-corrected chi connectivity index (χ3v) is 4.91. The van der Waals surface area contributed by atoms with Gasteiger partial charge in [-0.15, -0.1) is 0 Å². The molecule has 0 fully saturated rings. The molecule has 2 N–H and O–H groups in total. The molecule has 2 rings (SSSR count). The molecule has 0 saturated carbocycles. The Balaban J connectivity index is 2.24. The lowest BCUT2D eigenvalue weighted by Gasteiger charge is -2.12. The van der Waals surface area contributed by atoms with E-state index in [0.717, 1.165) is 0 Å². The first-order valence-corrected chi connectivity index (χ1v) is 9.64. The lowest BCUT2D eigenvalue weighted by atomic mass is 10.2. The molecule has 0 aliphatic heterocycles. The summed E-state index contributed by atoms with van der Waals surface area (Å²) in [6.45, 7) is 1.86. The molecular formula is C19H20N2O5S. The van der Waals surface area contributed by atoms with Crippen molar-refractivity contribution in [3.63, 3.8) is 0 Å². The van der Waals surface area contributed by atoms with Gasteiger partial charge in [-0.1, -0.05) is 24.3 Å². The molecule has 0 aliphatic carbocycles. The Morgan fingerprint density at radius 2 is 1.74 bits per heavy atom. The minimum absolute atomic E-state index is 0.0262. The molecule has 0 atom stereocenters. The number of carbonyl (C=O) groups excluding carboxylic acids is 2. The largest absolute Gasteiger partial charge is 0.462 e. The fourth-order valence-corrected chi connectivity index (χ4v) is 3.26. The van der Waals surface area contributed by atoms with Crippen LogP contribution in [-0.4, -0.2) is 33.9 Å². The number of nitrogens with one attached hydrogen (secondary N) is 2. The average Bonchev–Trinajstić information content (AvgIpc) is 2.66. The summed E-state index contributed by atoms with van der Waals surface area (Å²) in [4.78, 5) is 23.2. The van der Waals surface area contributed by atoms with E-state index in [2.05, 4.69) is 10.0 Å². The second kappa shape index (κ2) is 9.00. The highest BCUT2D eigenvalue weighted by molar-refractivity contribution is 7.92. The second-order valence-electron chi connectivity index (χ2n) is 5.39. The Morgan fingerprint density at radius 3 is 2.37 bits per heavy atom. The molecule has 0 aromatic heterocycles. The van der Waals surface area contributed by atoms with E-state index >= 15 is 0 Å². The minimum Gasteiger partial charge on any atom is -0.462 e. The summed E-state index contributed by atoms with van der Waals surface area (Å²) in [6, 6.07) is 12.2. The maximum Gasteiger partial charge on any atom is 0.340 e. The van der Waals surface area contributed by atoms with Gasteiger partial charge in [0.05, 0.1) is 22.8 Å². The smallest absolute Gasteiger partial charge is 0.340 e. The monoisotopic (exact) mass is 388 g/mol. The molecular weight excluding hydrogens is 368 g/mol. The van der Waals surface area contributed by atoms with E-state index in [0.29, 0.717) is 5.56 Å². The lowest BCUT2D eigenvalue weighted by molar-refractivity contribution is -0.115. The van der Waals surface area contributed by atoms with E-state index in [9.17, 15) is 18.0 Å². The van der Waals surface area contributed by atoms with E-state index in [1.54, 1.807) is 37.3 Å². The summed E-state index contributed by atoms with van der Waals surface area (Å²) in [7, 11) is -2.38. The first-order valence-electron chi connectivity index (χ1n) is 8.16. The lowest BCUT2D eigenvalue weighted by Crippen LogP contribution is -2.16. The van der Waals surface area contributed by atoms with Crippen molar-refractivity contribution < 1.29 is 22.7 Å². The molecule has 1 amide bonds. The van der Waals surface area contributed by atoms with Crippen LogP contribution in [0.4, 0.5) is 5.69 Å². The quantitative estimate of drug-likeness (QED) is 0.560. The molecule has 8 heteroatoms. The number of hydrogen-bond donors (Lipinski definition) is 2. The van der Waals surface area contributed by atoms with Crippen LogP contribution >= 0.6 is 0 Å².